The maximum Gasteiger partial charge on any atom is 0.490 e. The predicted octanol–water partition coefficient (Wildman–Crippen LogP) is 0.467. The lowest BCUT2D eigenvalue weighted by Crippen LogP contribution is -2.31. The highest BCUT2D eigenvalue weighted by Gasteiger charge is 2.16. The fourth-order valence-electron chi connectivity index (χ4n) is 0.860. The van der Waals surface area contributed by atoms with Gasteiger partial charge >= 0.3 is 7.12 Å². The van der Waals surface area contributed by atoms with Gasteiger partial charge in [0.15, 0.2) is 0 Å². The van der Waals surface area contributed by atoms with Crippen LogP contribution in [-0.4, -0.2) is 17.2 Å². The van der Waals surface area contributed by atoms with Crippen LogP contribution in [0.25, 0.3) is 0 Å². The van der Waals surface area contributed by atoms with Crippen molar-refractivity contribution in [1.82, 2.24) is 0 Å². The maximum atomic E-state index is 12.8. The Morgan fingerprint density at radius 2 is 2.00 bits per heavy atom. The van der Waals surface area contributed by atoms with Crippen LogP contribution in [-0.2, 0) is 0 Å². The first-order valence-electron chi connectivity index (χ1n) is 3.34. The second-order valence-electron chi connectivity index (χ2n) is 2.50. The van der Waals surface area contributed by atoms with Crippen molar-refractivity contribution in [2.24, 2.45) is 0 Å². The van der Waals surface area contributed by atoms with E-state index in [9.17, 15) is 4.39 Å². The van der Waals surface area contributed by atoms with Crippen LogP contribution in [0.2, 0.25) is 5.02 Å². The number of rotatable bonds is 1. The van der Waals surface area contributed by atoms with Crippen molar-refractivity contribution in [3.63, 3.8) is 0 Å². The summed E-state index contributed by atoms with van der Waals surface area (Å²) < 4.78 is 12.8. The third-order valence-electron chi connectivity index (χ3n) is 1.56. The van der Waals surface area contributed by atoms with Gasteiger partial charge in [0.2, 0.25) is 0 Å². The predicted molar refractivity (Wildman–Crippen MR) is 46.0 cm³/mol. The summed E-state index contributed by atoms with van der Waals surface area (Å²) in [6.07, 6.45) is 0. The first kappa shape index (κ1) is 9.51. The lowest BCUT2D eigenvalue weighted by Gasteiger charge is -2.04. The first-order valence-corrected chi connectivity index (χ1v) is 3.72. The normalized spacial score (nSPS) is 10.1. The van der Waals surface area contributed by atoms with Crippen LogP contribution in [0, 0.1) is 12.7 Å². The molecule has 0 saturated heterocycles. The SMILES string of the molecule is Cc1cc(Cl)c(B(O)O)cc1F. The molecule has 0 saturated carbocycles. The molecule has 0 fully saturated rings. The van der Waals surface area contributed by atoms with E-state index in [-0.39, 0.29) is 10.5 Å². The number of aryl methyl sites for hydroxylation is 1. The van der Waals surface area contributed by atoms with E-state index in [0.29, 0.717) is 5.56 Å². The highest BCUT2D eigenvalue weighted by atomic mass is 35.5. The third-order valence-corrected chi connectivity index (χ3v) is 1.88. The monoisotopic (exact) mass is 188 g/mol. The van der Waals surface area contributed by atoms with Gasteiger partial charge in [-0.2, -0.15) is 0 Å². The summed E-state index contributed by atoms with van der Waals surface area (Å²) in [5.41, 5.74) is 0.365. The molecule has 1 aromatic rings. The number of halogens is 2. The van der Waals surface area contributed by atoms with E-state index in [0.717, 1.165) is 6.07 Å². The Morgan fingerprint density at radius 3 is 2.50 bits per heavy atom. The quantitative estimate of drug-likeness (QED) is 0.629. The van der Waals surface area contributed by atoms with E-state index < -0.39 is 12.9 Å². The minimum atomic E-state index is -1.73. The topological polar surface area (TPSA) is 40.5 Å². The minimum absolute atomic E-state index is 0.0141. The Kier molecular flexibility index (Phi) is 2.72. The Bertz CT molecular complexity index is 304. The zero-order chi connectivity index (χ0) is 9.30. The van der Waals surface area contributed by atoms with Crippen molar-refractivity contribution in [2.45, 2.75) is 6.92 Å². The summed E-state index contributed by atoms with van der Waals surface area (Å²) in [6, 6.07) is 2.37. The molecule has 0 aliphatic rings. The lowest BCUT2D eigenvalue weighted by molar-refractivity contribution is 0.425. The van der Waals surface area contributed by atoms with Crippen LogP contribution in [0.4, 0.5) is 4.39 Å². The fraction of sp³-hybridized carbons (Fsp3) is 0.143. The van der Waals surface area contributed by atoms with Crippen LogP contribution >= 0.6 is 11.6 Å². The molecule has 0 atom stereocenters. The van der Waals surface area contributed by atoms with Gasteiger partial charge in [-0.15, -0.1) is 0 Å². The zero-order valence-electron chi connectivity index (χ0n) is 6.38. The molecule has 2 nitrogen and oxygen atoms in total. The molecular formula is C7H7BClFO2. The molecule has 5 heteroatoms. The Balaban J connectivity index is 3.23. The second kappa shape index (κ2) is 3.43. The Labute approximate surface area is 74.7 Å². The average molecular weight is 188 g/mol. The van der Waals surface area contributed by atoms with E-state index >= 15 is 0 Å². The van der Waals surface area contributed by atoms with Gasteiger partial charge < -0.3 is 10.0 Å². The molecular weight excluding hydrogens is 181 g/mol. The molecule has 0 aliphatic carbocycles. The van der Waals surface area contributed by atoms with Crippen molar-refractivity contribution in [1.29, 1.82) is 0 Å². The molecule has 2 N–H and O–H groups in total. The highest BCUT2D eigenvalue weighted by Crippen LogP contribution is 2.12. The summed E-state index contributed by atoms with van der Waals surface area (Å²) in [7, 11) is -1.73. The van der Waals surface area contributed by atoms with Crippen LogP contribution < -0.4 is 5.46 Å². The standard InChI is InChI=1S/C7H7BClFO2/c1-4-2-6(9)5(8(11)12)3-7(4)10/h2-3,11-12H,1H3. The largest absolute Gasteiger partial charge is 0.490 e. The molecule has 64 valence electrons. The average Bonchev–Trinajstić information content (AvgIpc) is 1.96. The molecule has 0 unspecified atom stereocenters. The molecule has 12 heavy (non-hydrogen) atoms. The zero-order valence-corrected chi connectivity index (χ0v) is 7.14. The minimum Gasteiger partial charge on any atom is -0.423 e. The van der Waals surface area contributed by atoms with Gasteiger partial charge in [0.25, 0.3) is 0 Å². The lowest BCUT2D eigenvalue weighted by atomic mass is 9.80. The summed E-state index contributed by atoms with van der Waals surface area (Å²) in [5, 5.41) is 17.6. The van der Waals surface area contributed by atoms with Crippen LogP contribution in [0.1, 0.15) is 5.56 Å². The fourth-order valence-corrected chi connectivity index (χ4v) is 1.18. The van der Waals surface area contributed by atoms with Gasteiger partial charge in [0, 0.05) is 10.5 Å². The van der Waals surface area contributed by atoms with E-state index in [1.165, 1.54) is 6.07 Å². The Hall–Kier alpha value is -0.575. The molecule has 0 aliphatic heterocycles. The van der Waals surface area contributed by atoms with Crippen LogP contribution in [0.15, 0.2) is 12.1 Å². The number of hydrogen-bond acceptors (Lipinski definition) is 2. The van der Waals surface area contributed by atoms with Crippen LogP contribution in [0.5, 0.6) is 0 Å². The molecule has 0 bridgehead atoms. The maximum absolute atomic E-state index is 12.8. The van der Waals surface area contributed by atoms with Crippen molar-refractivity contribution >= 4 is 24.2 Å². The van der Waals surface area contributed by atoms with E-state index in [4.69, 9.17) is 21.6 Å². The van der Waals surface area contributed by atoms with Gasteiger partial charge in [-0.05, 0) is 24.6 Å². The molecule has 1 aromatic carbocycles. The smallest absolute Gasteiger partial charge is 0.423 e. The highest BCUT2D eigenvalue weighted by molar-refractivity contribution is 6.62. The van der Waals surface area contributed by atoms with E-state index in [1.807, 2.05) is 0 Å². The van der Waals surface area contributed by atoms with Crippen molar-refractivity contribution in [2.75, 3.05) is 0 Å². The third kappa shape index (κ3) is 1.77. The summed E-state index contributed by atoms with van der Waals surface area (Å²) in [6.45, 7) is 1.55. The second-order valence-corrected chi connectivity index (χ2v) is 2.90. The van der Waals surface area contributed by atoms with E-state index in [1.54, 1.807) is 6.92 Å². The van der Waals surface area contributed by atoms with Gasteiger partial charge in [-0.25, -0.2) is 4.39 Å². The van der Waals surface area contributed by atoms with Gasteiger partial charge in [0.1, 0.15) is 5.82 Å². The van der Waals surface area contributed by atoms with Crippen LogP contribution in [0.3, 0.4) is 0 Å². The molecule has 0 radical (unpaired) electrons. The van der Waals surface area contributed by atoms with Gasteiger partial charge in [0.05, 0.1) is 0 Å². The number of hydrogen-bond donors (Lipinski definition) is 2. The van der Waals surface area contributed by atoms with Gasteiger partial charge in [-0.3, -0.25) is 0 Å². The molecule has 1 rings (SSSR count). The summed E-state index contributed by atoms with van der Waals surface area (Å²) >= 11 is 5.61. The molecule has 0 aromatic heterocycles. The van der Waals surface area contributed by atoms with Crippen molar-refractivity contribution < 1.29 is 14.4 Å². The Morgan fingerprint density at radius 1 is 1.42 bits per heavy atom. The molecule has 0 spiro atoms. The van der Waals surface area contributed by atoms with Crippen molar-refractivity contribution in [3.05, 3.63) is 28.5 Å². The van der Waals surface area contributed by atoms with E-state index in [2.05, 4.69) is 0 Å². The van der Waals surface area contributed by atoms with Crippen molar-refractivity contribution in [3.8, 4) is 0 Å². The molecule has 0 amide bonds. The summed E-state index contributed by atoms with van der Waals surface area (Å²) in [5.74, 6) is -0.498. The summed E-state index contributed by atoms with van der Waals surface area (Å²) in [4.78, 5) is 0. The molecule has 0 heterocycles. The number of benzene rings is 1. The first-order chi connectivity index (χ1) is 5.52. The van der Waals surface area contributed by atoms with Gasteiger partial charge in [-0.1, -0.05) is 11.6 Å².